The number of nitrogens with one attached hydrogen (secondary N) is 2. The number of imidazole rings is 1. The van der Waals surface area contributed by atoms with E-state index in [1.54, 1.807) is 0 Å². The van der Waals surface area contributed by atoms with E-state index in [1.807, 2.05) is 18.2 Å². The molecular weight excluding hydrogens is 372 g/mol. The van der Waals surface area contributed by atoms with Crippen LogP contribution in [-0.4, -0.2) is 45.6 Å². The van der Waals surface area contributed by atoms with Gasteiger partial charge in [0.15, 0.2) is 5.96 Å². The first kappa shape index (κ1) is 20.4. The largest absolute Gasteiger partial charge is 0.357 e. The van der Waals surface area contributed by atoms with Crippen molar-refractivity contribution in [2.24, 2.45) is 12.0 Å². The molecule has 0 spiro atoms. The Bertz CT molecular complexity index is 993. The number of aliphatic imine (C=N–C) groups is 1. The van der Waals surface area contributed by atoms with Crippen molar-refractivity contribution in [3.8, 4) is 0 Å². The highest BCUT2D eigenvalue weighted by Gasteiger charge is 2.29. The summed E-state index contributed by atoms with van der Waals surface area (Å²) in [5.41, 5.74) is 3.53. The van der Waals surface area contributed by atoms with E-state index in [4.69, 9.17) is 9.98 Å². The predicted octanol–water partition coefficient (Wildman–Crippen LogP) is 3.29. The summed E-state index contributed by atoms with van der Waals surface area (Å²) in [6.45, 7) is 7.82. The number of para-hydroxylation sites is 2. The van der Waals surface area contributed by atoms with Gasteiger partial charge in [-0.3, -0.25) is 4.90 Å². The third-order valence-electron chi connectivity index (χ3n) is 5.88. The Hall–Kier alpha value is -2.86. The Morgan fingerprint density at radius 2 is 1.90 bits per heavy atom. The number of aryl methyl sites for hydroxylation is 1. The number of fused-ring (bicyclic) bond motifs is 1. The second kappa shape index (κ2) is 9.30. The zero-order valence-electron chi connectivity index (χ0n) is 18.2. The van der Waals surface area contributed by atoms with E-state index in [9.17, 15) is 0 Å². The molecule has 0 bridgehead atoms. The summed E-state index contributed by atoms with van der Waals surface area (Å²) in [5.74, 6) is 1.84. The van der Waals surface area contributed by atoms with Gasteiger partial charge in [0.1, 0.15) is 12.4 Å². The maximum atomic E-state index is 4.83. The zero-order chi connectivity index (χ0) is 20.9. The average Bonchev–Trinajstić information content (AvgIpc) is 3.26. The van der Waals surface area contributed by atoms with Gasteiger partial charge >= 0.3 is 0 Å². The molecular formula is C24H32N6. The fraction of sp³-hybridized carbons (Fsp3) is 0.417. The van der Waals surface area contributed by atoms with Crippen molar-refractivity contribution in [3.05, 3.63) is 66.0 Å². The highest BCUT2D eigenvalue weighted by atomic mass is 15.3. The van der Waals surface area contributed by atoms with Crippen molar-refractivity contribution in [1.29, 1.82) is 0 Å². The normalized spacial score (nSPS) is 20.0. The van der Waals surface area contributed by atoms with Gasteiger partial charge in [0.25, 0.3) is 0 Å². The average molecular weight is 405 g/mol. The number of rotatable bonds is 6. The smallest absolute Gasteiger partial charge is 0.191 e. The number of benzene rings is 2. The molecule has 6 heteroatoms. The predicted molar refractivity (Wildman–Crippen MR) is 123 cm³/mol. The molecule has 4 rings (SSSR count). The number of aromatic nitrogens is 2. The molecule has 1 fully saturated rings. The molecule has 3 aromatic rings. The standard InChI is InChI=1S/C24H32N6/c1-4-25-24(26-15-23-28-21-12-8-9-13-22(21)29(23)3)27-20-14-18(2)30(17-20)16-19-10-6-5-7-11-19/h5-13,18,20H,4,14-17H2,1-3H3,(H2,25,26,27). The lowest BCUT2D eigenvalue weighted by atomic mass is 10.2. The monoisotopic (exact) mass is 404 g/mol. The molecule has 2 aromatic carbocycles. The first-order valence-corrected chi connectivity index (χ1v) is 10.9. The van der Waals surface area contributed by atoms with Crippen LogP contribution >= 0.6 is 0 Å². The first-order valence-electron chi connectivity index (χ1n) is 10.9. The van der Waals surface area contributed by atoms with Gasteiger partial charge in [0.05, 0.1) is 11.0 Å². The lowest BCUT2D eigenvalue weighted by molar-refractivity contribution is 0.258. The van der Waals surface area contributed by atoms with E-state index < -0.39 is 0 Å². The number of likely N-dealkylation sites (tertiary alicyclic amines) is 1. The van der Waals surface area contributed by atoms with E-state index in [-0.39, 0.29) is 0 Å². The van der Waals surface area contributed by atoms with Crippen molar-refractivity contribution in [2.75, 3.05) is 13.1 Å². The molecule has 0 amide bonds. The molecule has 1 aliphatic heterocycles. The van der Waals surface area contributed by atoms with Crippen LogP contribution < -0.4 is 10.6 Å². The van der Waals surface area contributed by atoms with Crippen molar-refractivity contribution >= 4 is 17.0 Å². The fourth-order valence-corrected chi connectivity index (χ4v) is 4.24. The summed E-state index contributed by atoms with van der Waals surface area (Å²) in [7, 11) is 2.06. The molecule has 30 heavy (non-hydrogen) atoms. The van der Waals surface area contributed by atoms with Crippen molar-refractivity contribution in [3.63, 3.8) is 0 Å². The van der Waals surface area contributed by atoms with Crippen LogP contribution in [0.5, 0.6) is 0 Å². The second-order valence-corrected chi connectivity index (χ2v) is 8.11. The topological polar surface area (TPSA) is 57.5 Å². The minimum atomic E-state index is 0.391. The number of nitrogens with zero attached hydrogens (tertiary/aromatic N) is 4. The second-order valence-electron chi connectivity index (χ2n) is 8.11. The number of guanidine groups is 1. The van der Waals surface area contributed by atoms with Crippen LogP contribution in [0.15, 0.2) is 59.6 Å². The molecule has 2 unspecified atom stereocenters. The van der Waals surface area contributed by atoms with Crippen molar-refractivity contribution in [1.82, 2.24) is 25.1 Å². The number of hydrogen-bond donors (Lipinski definition) is 2. The molecule has 1 saturated heterocycles. The van der Waals surface area contributed by atoms with Crippen LogP contribution in [0.1, 0.15) is 31.7 Å². The Labute approximate surface area is 179 Å². The van der Waals surface area contributed by atoms with Gasteiger partial charge in [-0.05, 0) is 38.0 Å². The highest BCUT2D eigenvalue weighted by molar-refractivity contribution is 5.80. The third kappa shape index (κ3) is 4.65. The molecule has 1 aromatic heterocycles. The third-order valence-corrected chi connectivity index (χ3v) is 5.88. The molecule has 2 atom stereocenters. The van der Waals surface area contributed by atoms with Gasteiger partial charge in [-0.25, -0.2) is 9.98 Å². The molecule has 6 nitrogen and oxygen atoms in total. The van der Waals surface area contributed by atoms with Crippen LogP contribution in [-0.2, 0) is 20.1 Å². The Kier molecular flexibility index (Phi) is 6.33. The van der Waals surface area contributed by atoms with Gasteiger partial charge in [0.2, 0.25) is 0 Å². The van der Waals surface area contributed by atoms with E-state index in [0.717, 1.165) is 48.9 Å². The van der Waals surface area contributed by atoms with E-state index in [2.05, 4.69) is 77.4 Å². The summed E-state index contributed by atoms with van der Waals surface area (Å²) in [5, 5.41) is 7.04. The van der Waals surface area contributed by atoms with Crippen LogP contribution in [0.25, 0.3) is 11.0 Å². The van der Waals surface area contributed by atoms with Gasteiger partial charge in [-0.1, -0.05) is 42.5 Å². The number of hydrogen-bond acceptors (Lipinski definition) is 3. The van der Waals surface area contributed by atoms with Gasteiger partial charge in [-0.2, -0.15) is 0 Å². The van der Waals surface area contributed by atoms with Crippen LogP contribution in [0.2, 0.25) is 0 Å². The lowest BCUT2D eigenvalue weighted by Gasteiger charge is -2.21. The fourth-order valence-electron chi connectivity index (χ4n) is 4.24. The molecule has 2 N–H and O–H groups in total. The van der Waals surface area contributed by atoms with E-state index in [1.165, 1.54) is 5.56 Å². The quantitative estimate of drug-likeness (QED) is 0.489. The molecule has 1 aliphatic rings. The summed E-state index contributed by atoms with van der Waals surface area (Å²) < 4.78 is 2.13. The van der Waals surface area contributed by atoms with Crippen LogP contribution in [0.4, 0.5) is 0 Å². The van der Waals surface area contributed by atoms with Gasteiger partial charge < -0.3 is 15.2 Å². The molecule has 0 radical (unpaired) electrons. The minimum absolute atomic E-state index is 0.391. The Balaban J connectivity index is 1.41. The van der Waals surface area contributed by atoms with Gasteiger partial charge in [-0.15, -0.1) is 0 Å². The Morgan fingerprint density at radius 3 is 2.67 bits per heavy atom. The molecule has 158 valence electrons. The van der Waals surface area contributed by atoms with Crippen LogP contribution in [0.3, 0.4) is 0 Å². The summed E-state index contributed by atoms with van der Waals surface area (Å²) in [6.07, 6.45) is 1.11. The Morgan fingerprint density at radius 1 is 1.13 bits per heavy atom. The summed E-state index contributed by atoms with van der Waals surface area (Å²) in [6, 6.07) is 19.9. The van der Waals surface area contributed by atoms with Crippen molar-refractivity contribution < 1.29 is 0 Å². The maximum Gasteiger partial charge on any atom is 0.191 e. The minimum Gasteiger partial charge on any atom is -0.357 e. The first-order chi connectivity index (χ1) is 14.6. The van der Waals surface area contributed by atoms with Crippen LogP contribution in [0, 0.1) is 0 Å². The summed E-state index contributed by atoms with van der Waals surface area (Å²) >= 11 is 0. The van der Waals surface area contributed by atoms with Crippen molar-refractivity contribution in [2.45, 2.75) is 45.4 Å². The molecule has 2 heterocycles. The molecule has 0 saturated carbocycles. The summed E-state index contributed by atoms with van der Waals surface area (Å²) in [4.78, 5) is 12.1. The van der Waals surface area contributed by atoms with Gasteiger partial charge in [0, 0.05) is 38.8 Å². The van der Waals surface area contributed by atoms with E-state index >= 15 is 0 Å². The SMILES string of the molecule is CCNC(=NCc1nc2ccccc2n1C)NC1CC(C)N(Cc2ccccc2)C1. The van der Waals surface area contributed by atoms with E-state index in [0.29, 0.717) is 18.6 Å². The maximum absolute atomic E-state index is 4.83. The highest BCUT2D eigenvalue weighted by Crippen LogP contribution is 2.20. The molecule has 0 aliphatic carbocycles. The lowest BCUT2D eigenvalue weighted by Crippen LogP contribution is -2.44. The zero-order valence-corrected chi connectivity index (χ0v) is 18.2.